The van der Waals surface area contributed by atoms with Crippen LogP contribution in [0.1, 0.15) is 43.7 Å². The number of nitrogens with one attached hydrogen (secondary N) is 1. The summed E-state index contributed by atoms with van der Waals surface area (Å²) in [6.07, 6.45) is 7.12. The van der Waals surface area contributed by atoms with Crippen LogP contribution in [0.5, 0.6) is 5.75 Å². The largest absolute Gasteiger partial charge is 0.434 e. The number of alkyl halides is 2. The van der Waals surface area contributed by atoms with Crippen LogP contribution in [0.3, 0.4) is 0 Å². The molecule has 0 fully saturated rings. The molecule has 1 rings (SSSR count). The molecule has 0 aliphatic rings. The van der Waals surface area contributed by atoms with Crippen molar-refractivity contribution >= 4 is 0 Å². The van der Waals surface area contributed by atoms with Gasteiger partial charge in [-0.1, -0.05) is 37.1 Å². The van der Waals surface area contributed by atoms with Gasteiger partial charge in [-0.05, 0) is 32.4 Å². The zero-order valence-corrected chi connectivity index (χ0v) is 11.9. The standard InChI is InChI=1S/C16H23F2NO/c1-3-4-5-6-7-11-14(19-2)13-10-8-9-12-15(13)20-16(17)18/h3,8-10,12,14,16,19H,1,4-7,11H2,2H3. The molecule has 0 spiro atoms. The van der Waals surface area contributed by atoms with Crippen molar-refractivity contribution < 1.29 is 13.5 Å². The maximum atomic E-state index is 12.4. The molecule has 0 saturated carbocycles. The highest BCUT2D eigenvalue weighted by molar-refractivity contribution is 5.35. The minimum Gasteiger partial charge on any atom is -0.434 e. The lowest BCUT2D eigenvalue weighted by atomic mass is 9.99. The Morgan fingerprint density at radius 2 is 2.00 bits per heavy atom. The van der Waals surface area contributed by atoms with Crippen molar-refractivity contribution in [3.8, 4) is 5.75 Å². The highest BCUT2D eigenvalue weighted by Crippen LogP contribution is 2.29. The van der Waals surface area contributed by atoms with Gasteiger partial charge in [-0.3, -0.25) is 0 Å². The third kappa shape index (κ3) is 5.70. The monoisotopic (exact) mass is 283 g/mol. The van der Waals surface area contributed by atoms with Gasteiger partial charge in [0.05, 0.1) is 0 Å². The predicted octanol–water partition coefficient (Wildman–Crippen LogP) is 4.69. The minimum absolute atomic E-state index is 0.0358. The van der Waals surface area contributed by atoms with E-state index < -0.39 is 6.61 Å². The maximum absolute atomic E-state index is 12.4. The average molecular weight is 283 g/mol. The molecule has 0 aliphatic heterocycles. The number of rotatable bonds is 10. The summed E-state index contributed by atoms with van der Waals surface area (Å²) in [5.41, 5.74) is 0.791. The van der Waals surface area contributed by atoms with E-state index in [1.807, 2.05) is 25.3 Å². The highest BCUT2D eigenvalue weighted by atomic mass is 19.3. The molecule has 0 amide bonds. The van der Waals surface area contributed by atoms with Crippen molar-refractivity contribution in [3.05, 3.63) is 42.5 Å². The molecule has 1 unspecified atom stereocenters. The number of allylic oxidation sites excluding steroid dienone is 1. The molecule has 0 saturated heterocycles. The molecule has 1 aromatic rings. The van der Waals surface area contributed by atoms with E-state index in [4.69, 9.17) is 0 Å². The van der Waals surface area contributed by atoms with Crippen LogP contribution in [-0.4, -0.2) is 13.7 Å². The second-order valence-corrected chi connectivity index (χ2v) is 4.68. The molecule has 0 bridgehead atoms. The van der Waals surface area contributed by atoms with Gasteiger partial charge in [-0.25, -0.2) is 0 Å². The van der Waals surface area contributed by atoms with Crippen molar-refractivity contribution in [1.29, 1.82) is 0 Å². The first kappa shape index (κ1) is 16.6. The highest BCUT2D eigenvalue weighted by Gasteiger charge is 2.16. The van der Waals surface area contributed by atoms with E-state index in [0.29, 0.717) is 0 Å². The SMILES string of the molecule is C=CCCCCCC(NC)c1ccccc1OC(F)F. The molecule has 1 aromatic carbocycles. The lowest BCUT2D eigenvalue weighted by Crippen LogP contribution is -2.18. The normalized spacial score (nSPS) is 12.4. The summed E-state index contributed by atoms with van der Waals surface area (Å²) < 4.78 is 29.4. The first-order valence-corrected chi connectivity index (χ1v) is 7.01. The van der Waals surface area contributed by atoms with Crippen LogP contribution in [0, 0.1) is 0 Å². The topological polar surface area (TPSA) is 21.3 Å². The number of hydrogen-bond donors (Lipinski definition) is 1. The Labute approximate surface area is 119 Å². The van der Waals surface area contributed by atoms with Crippen LogP contribution in [-0.2, 0) is 0 Å². The Balaban J connectivity index is 2.61. The van der Waals surface area contributed by atoms with Crippen LogP contribution in [0.25, 0.3) is 0 Å². The molecule has 4 heteroatoms. The summed E-state index contributed by atoms with van der Waals surface area (Å²) >= 11 is 0. The van der Waals surface area contributed by atoms with E-state index in [9.17, 15) is 8.78 Å². The molecule has 1 N–H and O–H groups in total. The second kappa shape index (κ2) is 9.48. The first-order valence-electron chi connectivity index (χ1n) is 7.01. The Morgan fingerprint density at radius 3 is 2.65 bits per heavy atom. The quantitative estimate of drug-likeness (QED) is 0.497. The summed E-state index contributed by atoms with van der Waals surface area (Å²) in [4.78, 5) is 0. The zero-order chi connectivity index (χ0) is 14.8. The zero-order valence-electron chi connectivity index (χ0n) is 11.9. The summed E-state index contributed by atoms with van der Waals surface area (Å²) in [6, 6.07) is 7.01. The fraction of sp³-hybridized carbons (Fsp3) is 0.500. The van der Waals surface area contributed by atoms with Crippen LogP contribution >= 0.6 is 0 Å². The van der Waals surface area contributed by atoms with Gasteiger partial charge in [-0.2, -0.15) is 8.78 Å². The maximum Gasteiger partial charge on any atom is 0.387 e. The van der Waals surface area contributed by atoms with E-state index in [2.05, 4.69) is 16.6 Å². The van der Waals surface area contributed by atoms with E-state index in [-0.39, 0.29) is 11.8 Å². The molecule has 0 aliphatic carbocycles. The number of para-hydroxylation sites is 1. The van der Waals surface area contributed by atoms with Crippen molar-refractivity contribution in [3.63, 3.8) is 0 Å². The average Bonchev–Trinajstić information content (AvgIpc) is 2.43. The molecule has 20 heavy (non-hydrogen) atoms. The van der Waals surface area contributed by atoms with Crippen LogP contribution in [0.15, 0.2) is 36.9 Å². The summed E-state index contributed by atoms with van der Waals surface area (Å²) in [5, 5.41) is 3.18. The fourth-order valence-corrected chi connectivity index (χ4v) is 2.24. The smallest absolute Gasteiger partial charge is 0.387 e. The number of benzene rings is 1. The van der Waals surface area contributed by atoms with Gasteiger partial charge < -0.3 is 10.1 Å². The lowest BCUT2D eigenvalue weighted by Gasteiger charge is -2.20. The van der Waals surface area contributed by atoms with Gasteiger partial charge in [0.2, 0.25) is 0 Å². The Hall–Kier alpha value is -1.42. The number of hydrogen-bond acceptors (Lipinski definition) is 2. The van der Waals surface area contributed by atoms with Gasteiger partial charge in [-0.15, -0.1) is 6.58 Å². The second-order valence-electron chi connectivity index (χ2n) is 4.68. The molecule has 0 heterocycles. The molecule has 112 valence electrons. The van der Waals surface area contributed by atoms with Gasteiger partial charge in [0, 0.05) is 11.6 Å². The summed E-state index contributed by atoms with van der Waals surface area (Å²) in [5.74, 6) is 0.257. The summed E-state index contributed by atoms with van der Waals surface area (Å²) in [6.45, 7) is 0.906. The Morgan fingerprint density at radius 1 is 1.25 bits per heavy atom. The number of unbranched alkanes of at least 4 members (excludes halogenated alkanes) is 3. The van der Waals surface area contributed by atoms with Gasteiger partial charge in [0.15, 0.2) is 0 Å². The molecular formula is C16H23F2NO. The fourth-order valence-electron chi connectivity index (χ4n) is 2.24. The third-order valence-electron chi connectivity index (χ3n) is 3.26. The Bertz CT molecular complexity index is 396. The van der Waals surface area contributed by atoms with Crippen molar-refractivity contribution in [2.24, 2.45) is 0 Å². The third-order valence-corrected chi connectivity index (χ3v) is 3.26. The first-order chi connectivity index (χ1) is 9.69. The number of halogens is 2. The van der Waals surface area contributed by atoms with Gasteiger partial charge >= 0.3 is 6.61 Å². The van der Waals surface area contributed by atoms with E-state index >= 15 is 0 Å². The van der Waals surface area contributed by atoms with E-state index in [1.165, 1.54) is 0 Å². The molecule has 0 aromatic heterocycles. The van der Waals surface area contributed by atoms with Crippen LogP contribution in [0.2, 0.25) is 0 Å². The molecular weight excluding hydrogens is 260 g/mol. The van der Waals surface area contributed by atoms with E-state index in [1.54, 1.807) is 12.1 Å². The molecule has 2 nitrogen and oxygen atoms in total. The van der Waals surface area contributed by atoms with Crippen molar-refractivity contribution in [2.75, 3.05) is 7.05 Å². The van der Waals surface area contributed by atoms with E-state index in [0.717, 1.165) is 37.7 Å². The van der Waals surface area contributed by atoms with Gasteiger partial charge in [0.1, 0.15) is 5.75 Å². The predicted molar refractivity (Wildman–Crippen MR) is 78.2 cm³/mol. The van der Waals surface area contributed by atoms with Crippen molar-refractivity contribution in [2.45, 2.75) is 44.8 Å². The van der Waals surface area contributed by atoms with Crippen LogP contribution in [0.4, 0.5) is 8.78 Å². The summed E-state index contributed by atoms with van der Waals surface area (Å²) in [7, 11) is 1.84. The Kier molecular flexibility index (Phi) is 7.88. The number of ether oxygens (including phenoxy) is 1. The minimum atomic E-state index is -2.79. The van der Waals surface area contributed by atoms with Crippen LogP contribution < -0.4 is 10.1 Å². The molecule has 0 radical (unpaired) electrons. The lowest BCUT2D eigenvalue weighted by molar-refractivity contribution is -0.0507. The molecule has 1 atom stereocenters. The van der Waals surface area contributed by atoms with Gasteiger partial charge in [0.25, 0.3) is 0 Å². The van der Waals surface area contributed by atoms with Crippen molar-refractivity contribution in [1.82, 2.24) is 5.32 Å².